The van der Waals surface area contributed by atoms with Gasteiger partial charge in [0.05, 0.1) is 18.3 Å². The van der Waals surface area contributed by atoms with Crippen LogP contribution in [0.15, 0.2) is 48.5 Å². The van der Waals surface area contributed by atoms with Gasteiger partial charge in [-0.2, -0.15) is 13.2 Å². The number of hydroxylamine groups is 1. The van der Waals surface area contributed by atoms with Crippen molar-refractivity contribution in [1.82, 2.24) is 0 Å². The van der Waals surface area contributed by atoms with Crippen LogP contribution < -0.4 is 14.6 Å². The average molecular weight is 369 g/mol. The summed E-state index contributed by atoms with van der Waals surface area (Å²) in [6.45, 7) is 4.77. The van der Waals surface area contributed by atoms with Gasteiger partial charge in [-0.15, -0.1) is 0 Å². The minimum Gasteiger partial charge on any atom is -0.491 e. The molecule has 1 unspecified atom stereocenters. The molecule has 0 saturated carbocycles. The first-order valence-electron chi connectivity index (χ1n) is 8.19. The van der Waals surface area contributed by atoms with Gasteiger partial charge in [0.15, 0.2) is 11.9 Å². The molecular weight excluding hydrogens is 347 g/mol. The smallest absolute Gasteiger partial charge is 0.416 e. The van der Waals surface area contributed by atoms with Gasteiger partial charge in [0.25, 0.3) is 0 Å². The molecule has 7 heteroatoms. The second-order valence-electron chi connectivity index (χ2n) is 6.19. The first-order valence-corrected chi connectivity index (χ1v) is 8.19. The van der Waals surface area contributed by atoms with Gasteiger partial charge >= 0.3 is 6.18 Å². The monoisotopic (exact) mass is 369 g/mol. The molecular formula is C19H22F3NO3. The van der Waals surface area contributed by atoms with Gasteiger partial charge in [0.2, 0.25) is 0 Å². The lowest BCUT2D eigenvalue weighted by atomic mass is 10.2. The molecule has 0 radical (unpaired) electrons. The zero-order chi connectivity index (χ0) is 19.3. The standard InChI is InChI=1S/C19H22F3NO3/c1-13(2)25-16-8-5-7-15(11-16)23(12-18(24)19(20,21)22)26-17-9-4-6-14(3)10-17/h4-11,13,18,24H,12H2,1-3H3. The molecule has 1 atom stereocenters. The minimum atomic E-state index is -4.75. The number of nitrogens with zero attached hydrogens (tertiary/aromatic N) is 1. The summed E-state index contributed by atoms with van der Waals surface area (Å²) < 4.78 is 44.0. The van der Waals surface area contributed by atoms with Crippen molar-refractivity contribution in [2.75, 3.05) is 11.6 Å². The van der Waals surface area contributed by atoms with Crippen molar-refractivity contribution < 1.29 is 27.9 Å². The van der Waals surface area contributed by atoms with E-state index in [1.165, 1.54) is 0 Å². The third-order valence-corrected chi connectivity index (χ3v) is 3.40. The Morgan fingerprint density at radius 1 is 1.04 bits per heavy atom. The molecule has 2 rings (SSSR count). The predicted molar refractivity (Wildman–Crippen MR) is 93.4 cm³/mol. The number of aliphatic hydroxyl groups is 1. The summed E-state index contributed by atoms with van der Waals surface area (Å²) in [6, 6.07) is 13.4. The molecule has 0 bridgehead atoms. The molecule has 0 aliphatic rings. The summed E-state index contributed by atoms with van der Waals surface area (Å²) in [5.74, 6) is 0.867. The number of halogens is 3. The summed E-state index contributed by atoms with van der Waals surface area (Å²) in [5.41, 5.74) is 1.24. The Hall–Kier alpha value is -2.41. The van der Waals surface area contributed by atoms with Gasteiger partial charge in [0.1, 0.15) is 5.75 Å². The molecule has 0 saturated heterocycles. The van der Waals surface area contributed by atoms with Gasteiger partial charge in [-0.25, -0.2) is 5.06 Å². The average Bonchev–Trinajstić information content (AvgIpc) is 2.53. The fourth-order valence-corrected chi connectivity index (χ4v) is 2.24. The molecule has 0 aliphatic heterocycles. The largest absolute Gasteiger partial charge is 0.491 e. The number of benzene rings is 2. The first-order chi connectivity index (χ1) is 12.1. The van der Waals surface area contributed by atoms with Gasteiger partial charge in [-0.1, -0.05) is 18.2 Å². The van der Waals surface area contributed by atoms with Crippen molar-refractivity contribution in [3.8, 4) is 11.5 Å². The SMILES string of the molecule is Cc1cccc(ON(CC(O)C(F)(F)F)c2cccc(OC(C)C)c2)c1. The second kappa shape index (κ2) is 8.31. The van der Waals surface area contributed by atoms with Crippen molar-refractivity contribution in [3.63, 3.8) is 0 Å². The molecule has 1 N–H and O–H groups in total. The van der Waals surface area contributed by atoms with Crippen LogP contribution in [0.1, 0.15) is 19.4 Å². The fourth-order valence-electron chi connectivity index (χ4n) is 2.24. The Balaban J connectivity index is 2.30. The maximum absolute atomic E-state index is 12.8. The number of hydrogen-bond donors (Lipinski definition) is 1. The summed E-state index contributed by atoms with van der Waals surface area (Å²) in [5, 5.41) is 10.5. The Morgan fingerprint density at radius 3 is 2.31 bits per heavy atom. The normalized spacial score (nSPS) is 12.8. The highest BCUT2D eigenvalue weighted by atomic mass is 19.4. The molecule has 2 aromatic rings. The molecule has 142 valence electrons. The second-order valence-corrected chi connectivity index (χ2v) is 6.19. The Bertz CT molecular complexity index is 719. The Labute approximate surface area is 150 Å². The molecule has 4 nitrogen and oxygen atoms in total. The zero-order valence-corrected chi connectivity index (χ0v) is 14.8. The molecule has 0 aromatic heterocycles. The summed E-state index contributed by atoms with van der Waals surface area (Å²) >= 11 is 0. The quantitative estimate of drug-likeness (QED) is 0.730. The van der Waals surface area contributed by atoms with Crippen molar-refractivity contribution in [1.29, 1.82) is 0 Å². The van der Waals surface area contributed by atoms with E-state index in [1.54, 1.807) is 42.5 Å². The van der Waals surface area contributed by atoms with Crippen LogP contribution in [-0.2, 0) is 0 Å². The van der Waals surface area contributed by atoms with Crippen LogP contribution >= 0.6 is 0 Å². The van der Waals surface area contributed by atoms with E-state index in [0.717, 1.165) is 10.6 Å². The summed E-state index contributed by atoms with van der Waals surface area (Å²) in [6.07, 6.45) is -7.39. The molecule has 2 aromatic carbocycles. The highest BCUT2D eigenvalue weighted by Gasteiger charge is 2.40. The zero-order valence-electron chi connectivity index (χ0n) is 14.8. The maximum atomic E-state index is 12.8. The first kappa shape index (κ1) is 19.9. The van der Waals surface area contributed by atoms with E-state index < -0.39 is 18.8 Å². The molecule has 0 heterocycles. The van der Waals surface area contributed by atoms with E-state index in [0.29, 0.717) is 17.2 Å². The molecule has 0 spiro atoms. The maximum Gasteiger partial charge on any atom is 0.416 e. The highest BCUT2D eigenvalue weighted by Crippen LogP contribution is 2.27. The number of aliphatic hydroxyl groups excluding tert-OH is 1. The number of hydrogen-bond acceptors (Lipinski definition) is 4. The third kappa shape index (κ3) is 5.84. The van der Waals surface area contributed by atoms with E-state index in [2.05, 4.69) is 0 Å². The van der Waals surface area contributed by atoms with Crippen molar-refractivity contribution in [3.05, 3.63) is 54.1 Å². The molecule has 0 amide bonds. The van der Waals surface area contributed by atoms with Crippen LogP contribution in [0, 0.1) is 6.92 Å². The Kier molecular flexibility index (Phi) is 6.37. The lowest BCUT2D eigenvalue weighted by Gasteiger charge is -2.28. The van der Waals surface area contributed by atoms with E-state index in [4.69, 9.17) is 9.57 Å². The van der Waals surface area contributed by atoms with Crippen LogP contribution in [0.4, 0.5) is 18.9 Å². The number of alkyl halides is 3. The van der Waals surface area contributed by atoms with Crippen molar-refractivity contribution in [2.45, 2.75) is 39.2 Å². The number of aryl methyl sites for hydroxylation is 1. The highest BCUT2D eigenvalue weighted by molar-refractivity contribution is 5.50. The topological polar surface area (TPSA) is 41.9 Å². The molecule has 26 heavy (non-hydrogen) atoms. The summed E-state index contributed by atoms with van der Waals surface area (Å²) in [7, 11) is 0. The van der Waals surface area contributed by atoms with Crippen molar-refractivity contribution >= 4 is 5.69 Å². The van der Waals surface area contributed by atoms with Gasteiger partial charge < -0.3 is 14.7 Å². The van der Waals surface area contributed by atoms with Gasteiger partial charge in [0, 0.05) is 6.07 Å². The summed E-state index contributed by atoms with van der Waals surface area (Å²) in [4.78, 5) is 5.62. The van der Waals surface area contributed by atoms with E-state index in [9.17, 15) is 18.3 Å². The van der Waals surface area contributed by atoms with E-state index in [1.807, 2.05) is 26.8 Å². The fraction of sp³-hybridized carbons (Fsp3) is 0.368. The van der Waals surface area contributed by atoms with Gasteiger partial charge in [-0.3, -0.25) is 0 Å². The number of anilines is 1. The van der Waals surface area contributed by atoms with Crippen LogP contribution in [0.2, 0.25) is 0 Å². The van der Waals surface area contributed by atoms with E-state index >= 15 is 0 Å². The van der Waals surface area contributed by atoms with Crippen molar-refractivity contribution in [2.24, 2.45) is 0 Å². The number of ether oxygens (including phenoxy) is 1. The van der Waals surface area contributed by atoms with Crippen LogP contribution in [-0.4, -0.2) is 30.0 Å². The lowest BCUT2D eigenvalue weighted by molar-refractivity contribution is -0.202. The number of rotatable bonds is 7. The molecule has 0 fully saturated rings. The predicted octanol–water partition coefficient (Wildman–Crippen LogP) is 4.51. The third-order valence-electron chi connectivity index (χ3n) is 3.40. The van der Waals surface area contributed by atoms with Gasteiger partial charge in [-0.05, 0) is 50.6 Å². The van der Waals surface area contributed by atoms with E-state index in [-0.39, 0.29) is 6.10 Å². The Morgan fingerprint density at radius 2 is 1.69 bits per heavy atom. The van der Waals surface area contributed by atoms with Crippen LogP contribution in [0.5, 0.6) is 11.5 Å². The lowest BCUT2D eigenvalue weighted by Crippen LogP contribution is -2.42. The minimum absolute atomic E-state index is 0.0860. The van der Waals surface area contributed by atoms with Crippen LogP contribution in [0.25, 0.3) is 0 Å². The van der Waals surface area contributed by atoms with Crippen LogP contribution in [0.3, 0.4) is 0 Å². The molecule has 0 aliphatic carbocycles.